The lowest BCUT2D eigenvalue weighted by Gasteiger charge is -2.34. The second-order valence-electron chi connectivity index (χ2n) is 6.38. The Hall–Kier alpha value is -2.78. The molecule has 3 rings (SSSR count). The molecule has 1 fully saturated rings. The quantitative estimate of drug-likeness (QED) is 0.677. The van der Waals surface area contributed by atoms with E-state index in [4.69, 9.17) is 14.2 Å². The third kappa shape index (κ3) is 4.63. The van der Waals surface area contributed by atoms with E-state index >= 15 is 0 Å². The number of ether oxygens (including phenoxy) is 3. The van der Waals surface area contributed by atoms with Crippen molar-refractivity contribution in [2.75, 3.05) is 47.0 Å². The van der Waals surface area contributed by atoms with Crippen molar-refractivity contribution in [3.8, 4) is 17.2 Å². The third-order valence-electron chi connectivity index (χ3n) is 4.69. The Morgan fingerprint density at radius 1 is 0.897 bits per heavy atom. The fourth-order valence-electron chi connectivity index (χ4n) is 3.10. The van der Waals surface area contributed by atoms with Gasteiger partial charge >= 0.3 is 0 Å². The highest BCUT2D eigenvalue weighted by Crippen LogP contribution is 2.36. The van der Waals surface area contributed by atoms with Crippen molar-refractivity contribution in [2.24, 2.45) is 0 Å². The van der Waals surface area contributed by atoms with Crippen LogP contribution in [0.5, 0.6) is 17.2 Å². The lowest BCUT2D eigenvalue weighted by molar-refractivity contribution is -0.134. The summed E-state index contributed by atoms with van der Waals surface area (Å²) in [6, 6.07) is 13.5. The Morgan fingerprint density at radius 3 is 2.03 bits per heavy atom. The van der Waals surface area contributed by atoms with Gasteiger partial charge in [-0.15, -0.1) is 0 Å². The molecular weight excluding hydrogens is 396 g/mol. The number of carbonyl (C=O) groups is 1. The Labute approximate surface area is 170 Å². The molecule has 0 aromatic heterocycles. The normalized spacial score (nSPS) is 15.0. The van der Waals surface area contributed by atoms with Gasteiger partial charge < -0.3 is 19.1 Å². The predicted octanol–water partition coefficient (Wildman–Crippen LogP) is 1.62. The van der Waals surface area contributed by atoms with Gasteiger partial charge in [-0.25, -0.2) is 8.42 Å². The van der Waals surface area contributed by atoms with Crippen LogP contribution in [-0.4, -0.2) is 70.5 Å². The van der Waals surface area contributed by atoms with Crippen LogP contribution in [-0.2, 0) is 14.8 Å². The van der Waals surface area contributed by atoms with Gasteiger partial charge in [0.1, 0.15) is 0 Å². The van der Waals surface area contributed by atoms with Gasteiger partial charge in [0.25, 0.3) is 5.91 Å². The molecule has 2 aromatic rings. The van der Waals surface area contributed by atoms with Crippen molar-refractivity contribution in [1.82, 2.24) is 9.21 Å². The zero-order chi connectivity index (χ0) is 20.9. The average Bonchev–Trinajstić information content (AvgIpc) is 2.77. The van der Waals surface area contributed by atoms with Crippen molar-refractivity contribution >= 4 is 15.9 Å². The van der Waals surface area contributed by atoms with Crippen molar-refractivity contribution in [3.05, 3.63) is 48.5 Å². The molecule has 0 aliphatic carbocycles. The number of piperazine rings is 1. The van der Waals surface area contributed by atoms with E-state index in [0.717, 1.165) is 0 Å². The summed E-state index contributed by atoms with van der Waals surface area (Å²) in [6.07, 6.45) is 0. The minimum absolute atomic E-state index is 0.192. The molecule has 156 valence electrons. The lowest BCUT2D eigenvalue weighted by atomic mass is 10.3. The Kier molecular flexibility index (Phi) is 6.60. The molecule has 0 atom stereocenters. The van der Waals surface area contributed by atoms with Crippen LogP contribution < -0.4 is 14.2 Å². The molecule has 9 heteroatoms. The minimum atomic E-state index is -3.55. The van der Waals surface area contributed by atoms with E-state index in [-0.39, 0.29) is 30.5 Å². The number of benzene rings is 2. The first-order chi connectivity index (χ1) is 14.0. The summed E-state index contributed by atoms with van der Waals surface area (Å²) in [5.74, 6) is 1.07. The maximum Gasteiger partial charge on any atom is 0.260 e. The molecule has 0 saturated carbocycles. The molecule has 0 spiro atoms. The molecule has 29 heavy (non-hydrogen) atoms. The summed E-state index contributed by atoms with van der Waals surface area (Å²) in [7, 11) is -0.534. The monoisotopic (exact) mass is 420 g/mol. The average molecular weight is 420 g/mol. The summed E-state index contributed by atoms with van der Waals surface area (Å²) in [4.78, 5) is 14.4. The molecule has 0 radical (unpaired) electrons. The fraction of sp³-hybridized carbons (Fsp3) is 0.350. The van der Waals surface area contributed by atoms with Crippen LogP contribution in [0.15, 0.2) is 53.4 Å². The highest BCUT2D eigenvalue weighted by molar-refractivity contribution is 7.89. The SMILES string of the molecule is COc1cccc(OC)c1OCC(=O)N1CCN(S(=O)(=O)c2ccccc2)CC1. The molecule has 1 amide bonds. The van der Waals surface area contributed by atoms with Gasteiger partial charge in [0.05, 0.1) is 19.1 Å². The topological polar surface area (TPSA) is 85.4 Å². The number of hydrogen-bond donors (Lipinski definition) is 0. The first-order valence-corrected chi connectivity index (χ1v) is 10.6. The first-order valence-electron chi connectivity index (χ1n) is 9.14. The van der Waals surface area contributed by atoms with Gasteiger partial charge in [-0.2, -0.15) is 4.31 Å². The van der Waals surface area contributed by atoms with Crippen molar-refractivity contribution in [3.63, 3.8) is 0 Å². The summed E-state index contributed by atoms with van der Waals surface area (Å²) < 4.78 is 42.9. The summed E-state index contributed by atoms with van der Waals surface area (Å²) in [5.41, 5.74) is 0. The van der Waals surface area contributed by atoms with Crippen molar-refractivity contribution in [1.29, 1.82) is 0 Å². The maximum atomic E-state index is 12.7. The van der Waals surface area contributed by atoms with E-state index < -0.39 is 10.0 Å². The van der Waals surface area contributed by atoms with Crippen LogP contribution >= 0.6 is 0 Å². The first kappa shape index (κ1) is 20.9. The van der Waals surface area contributed by atoms with Crippen LogP contribution in [0.3, 0.4) is 0 Å². The summed E-state index contributed by atoms with van der Waals surface area (Å²) in [6.45, 7) is 0.888. The van der Waals surface area contributed by atoms with Crippen LogP contribution in [0.1, 0.15) is 0 Å². The van der Waals surface area contributed by atoms with Gasteiger partial charge in [-0.05, 0) is 24.3 Å². The number of carbonyl (C=O) groups excluding carboxylic acids is 1. The van der Waals surface area contributed by atoms with Crippen LogP contribution in [0.4, 0.5) is 0 Å². The van der Waals surface area contributed by atoms with E-state index in [1.54, 1.807) is 53.4 Å². The molecule has 0 N–H and O–H groups in total. The van der Waals surface area contributed by atoms with Crippen molar-refractivity contribution in [2.45, 2.75) is 4.90 Å². The number of amides is 1. The van der Waals surface area contributed by atoms with E-state index in [9.17, 15) is 13.2 Å². The van der Waals surface area contributed by atoms with E-state index in [2.05, 4.69) is 0 Å². The highest BCUT2D eigenvalue weighted by Gasteiger charge is 2.30. The standard InChI is InChI=1S/C20H24N2O6S/c1-26-17-9-6-10-18(27-2)20(17)28-15-19(23)21-11-13-22(14-12-21)29(24,25)16-7-4-3-5-8-16/h3-10H,11-15H2,1-2H3. The van der Waals surface area contributed by atoms with Crippen LogP contribution in [0, 0.1) is 0 Å². The fourth-order valence-corrected chi connectivity index (χ4v) is 4.55. The van der Waals surface area contributed by atoms with Gasteiger partial charge in [-0.3, -0.25) is 4.79 Å². The van der Waals surface area contributed by atoms with E-state index in [0.29, 0.717) is 30.3 Å². The lowest BCUT2D eigenvalue weighted by Crippen LogP contribution is -2.51. The Balaban J connectivity index is 1.59. The summed E-state index contributed by atoms with van der Waals surface area (Å²) >= 11 is 0. The number of methoxy groups -OCH3 is 2. The Bertz CT molecular complexity index is 918. The van der Waals surface area contributed by atoms with E-state index in [1.807, 2.05) is 0 Å². The van der Waals surface area contributed by atoms with Gasteiger partial charge in [0.15, 0.2) is 18.1 Å². The third-order valence-corrected chi connectivity index (χ3v) is 6.61. The molecule has 1 aliphatic rings. The Morgan fingerprint density at radius 2 is 1.48 bits per heavy atom. The van der Waals surface area contributed by atoms with Crippen LogP contribution in [0.25, 0.3) is 0 Å². The number of sulfonamides is 1. The maximum absolute atomic E-state index is 12.7. The van der Waals surface area contributed by atoms with Gasteiger partial charge in [0, 0.05) is 26.2 Å². The van der Waals surface area contributed by atoms with Gasteiger partial charge in [-0.1, -0.05) is 24.3 Å². The molecule has 0 unspecified atom stereocenters. The number of hydrogen-bond acceptors (Lipinski definition) is 6. The zero-order valence-electron chi connectivity index (χ0n) is 16.4. The predicted molar refractivity (Wildman–Crippen MR) is 107 cm³/mol. The molecule has 1 heterocycles. The summed E-state index contributed by atoms with van der Waals surface area (Å²) in [5, 5.41) is 0. The highest BCUT2D eigenvalue weighted by atomic mass is 32.2. The van der Waals surface area contributed by atoms with Gasteiger partial charge in [0.2, 0.25) is 15.8 Å². The molecule has 2 aromatic carbocycles. The van der Waals surface area contributed by atoms with Crippen LogP contribution in [0.2, 0.25) is 0 Å². The number of nitrogens with zero attached hydrogens (tertiary/aromatic N) is 2. The molecular formula is C20H24N2O6S. The molecule has 8 nitrogen and oxygen atoms in total. The zero-order valence-corrected chi connectivity index (χ0v) is 17.2. The second kappa shape index (κ2) is 9.15. The number of para-hydroxylation sites is 1. The molecule has 1 saturated heterocycles. The minimum Gasteiger partial charge on any atom is -0.493 e. The number of rotatable bonds is 7. The smallest absolute Gasteiger partial charge is 0.260 e. The molecule has 0 bridgehead atoms. The molecule has 1 aliphatic heterocycles. The van der Waals surface area contributed by atoms with E-state index in [1.165, 1.54) is 18.5 Å². The second-order valence-corrected chi connectivity index (χ2v) is 8.32. The van der Waals surface area contributed by atoms with Crippen molar-refractivity contribution < 1.29 is 27.4 Å². The largest absolute Gasteiger partial charge is 0.493 e.